The van der Waals surface area contributed by atoms with E-state index in [1.165, 1.54) is 22.4 Å². The maximum Gasteiger partial charge on any atom is 0.133 e. The number of rotatable bonds is 6. The van der Waals surface area contributed by atoms with Crippen molar-refractivity contribution < 1.29 is 4.74 Å². The van der Waals surface area contributed by atoms with Crippen molar-refractivity contribution in [3.8, 4) is 5.75 Å². The Kier molecular flexibility index (Phi) is 5.68. The summed E-state index contributed by atoms with van der Waals surface area (Å²) in [4.78, 5) is 0. The van der Waals surface area contributed by atoms with E-state index in [4.69, 9.17) is 4.74 Å². The second-order valence-electron chi connectivity index (χ2n) is 5.29. The SMILES string of the molecule is CCCOc1ccc(CNc2ccc(C)cc2C)cc1Br. The van der Waals surface area contributed by atoms with Crippen molar-refractivity contribution in [3.63, 3.8) is 0 Å². The molecule has 0 amide bonds. The van der Waals surface area contributed by atoms with Gasteiger partial charge < -0.3 is 10.1 Å². The van der Waals surface area contributed by atoms with Crippen LogP contribution in [0.4, 0.5) is 5.69 Å². The minimum atomic E-state index is 0.749. The van der Waals surface area contributed by atoms with E-state index >= 15 is 0 Å². The van der Waals surface area contributed by atoms with Gasteiger partial charge in [0.1, 0.15) is 5.75 Å². The van der Waals surface area contributed by atoms with Crippen molar-refractivity contribution >= 4 is 21.6 Å². The van der Waals surface area contributed by atoms with Gasteiger partial charge in [0.2, 0.25) is 0 Å². The number of anilines is 1. The van der Waals surface area contributed by atoms with Crippen molar-refractivity contribution in [1.82, 2.24) is 0 Å². The van der Waals surface area contributed by atoms with Crippen molar-refractivity contribution in [2.24, 2.45) is 0 Å². The summed E-state index contributed by atoms with van der Waals surface area (Å²) in [6, 6.07) is 12.7. The zero-order chi connectivity index (χ0) is 15.2. The van der Waals surface area contributed by atoms with Crippen LogP contribution in [0.3, 0.4) is 0 Å². The topological polar surface area (TPSA) is 21.3 Å². The number of halogens is 1. The first-order valence-electron chi connectivity index (χ1n) is 7.32. The van der Waals surface area contributed by atoms with Gasteiger partial charge in [0, 0.05) is 12.2 Å². The smallest absolute Gasteiger partial charge is 0.133 e. The number of hydrogen-bond acceptors (Lipinski definition) is 2. The molecule has 0 aliphatic heterocycles. The first-order valence-corrected chi connectivity index (χ1v) is 8.12. The number of ether oxygens (including phenoxy) is 1. The van der Waals surface area contributed by atoms with Gasteiger partial charge >= 0.3 is 0 Å². The Morgan fingerprint density at radius 1 is 1.10 bits per heavy atom. The maximum absolute atomic E-state index is 5.67. The fraction of sp³-hybridized carbons (Fsp3) is 0.333. The number of nitrogens with one attached hydrogen (secondary N) is 1. The Balaban J connectivity index is 2.01. The molecule has 0 heterocycles. The van der Waals surface area contributed by atoms with Crippen molar-refractivity contribution in [1.29, 1.82) is 0 Å². The molecule has 0 aromatic heterocycles. The molecular weight excluding hydrogens is 326 g/mol. The molecule has 2 aromatic carbocycles. The summed E-state index contributed by atoms with van der Waals surface area (Å²) in [6.45, 7) is 7.90. The monoisotopic (exact) mass is 347 g/mol. The highest BCUT2D eigenvalue weighted by Gasteiger charge is 2.03. The van der Waals surface area contributed by atoms with Gasteiger partial charge in [-0.2, -0.15) is 0 Å². The van der Waals surface area contributed by atoms with E-state index in [0.717, 1.165) is 29.8 Å². The van der Waals surface area contributed by atoms with E-state index in [2.05, 4.69) is 72.3 Å². The van der Waals surface area contributed by atoms with E-state index < -0.39 is 0 Å². The highest BCUT2D eigenvalue weighted by Crippen LogP contribution is 2.27. The molecule has 2 nitrogen and oxygen atoms in total. The average Bonchev–Trinajstić information content (AvgIpc) is 2.45. The number of aryl methyl sites for hydroxylation is 2. The number of hydrogen-bond donors (Lipinski definition) is 1. The van der Waals surface area contributed by atoms with Gasteiger partial charge in [-0.25, -0.2) is 0 Å². The summed E-state index contributed by atoms with van der Waals surface area (Å²) in [7, 11) is 0. The fourth-order valence-electron chi connectivity index (χ4n) is 2.19. The zero-order valence-electron chi connectivity index (χ0n) is 12.9. The molecule has 0 unspecified atom stereocenters. The number of benzene rings is 2. The second-order valence-corrected chi connectivity index (χ2v) is 6.14. The van der Waals surface area contributed by atoms with Gasteiger partial charge in [-0.15, -0.1) is 0 Å². The quantitative estimate of drug-likeness (QED) is 0.748. The van der Waals surface area contributed by atoms with Gasteiger partial charge in [-0.05, 0) is 65.5 Å². The highest BCUT2D eigenvalue weighted by molar-refractivity contribution is 9.10. The zero-order valence-corrected chi connectivity index (χ0v) is 14.5. The summed E-state index contributed by atoms with van der Waals surface area (Å²) in [5.74, 6) is 0.909. The summed E-state index contributed by atoms with van der Waals surface area (Å²) in [5, 5.41) is 3.48. The standard InChI is InChI=1S/C18H22BrNO/c1-4-9-21-18-8-6-15(11-16(18)19)12-20-17-7-5-13(2)10-14(17)3/h5-8,10-11,20H,4,9,12H2,1-3H3. The molecule has 0 saturated carbocycles. The molecule has 0 spiro atoms. The molecule has 1 N–H and O–H groups in total. The Morgan fingerprint density at radius 2 is 1.90 bits per heavy atom. The third-order valence-electron chi connectivity index (χ3n) is 3.32. The molecule has 0 atom stereocenters. The average molecular weight is 348 g/mol. The molecule has 0 fully saturated rings. The van der Waals surface area contributed by atoms with Crippen LogP contribution in [0.1, 0.15) is 30.0 Å². The lowest BCUT2D eigenvalue weighted by Crippen LogP contribution is -2.02. The molecule has 0 aliphatic carbocycles. The molecule has 0 radical (unpaired) electrons. The predicted octanol–water partition coefficient (Wildman–Crippen LogP) is 5.47. The largest absolute Gasteiger partial charge is 0.492 e. The Labute approximate surface area is 135 Å². The van der Waals surface area contributed by atoms with E-state index in [0.29, 0.717) is 0 Å². The Hall–Kier alpha value is -1.48. The summed E-state index contributed by atoms with van der Waals surface area (Å²) in [6.07, 6.45) is 1.02. The molecule has 21 heavy (non-hydrogen) atoms. The van der Waals surface area contributed by atoms with Crippen LogP contribution in [0.25, 0.3) is 0 Å². The van der Waals surface area contributed by atoms with Crippen molar-refractivity contribution in [2.45, 2.75) is 33.7 Å². The van der Waals surface area contributed by atoms with E-state index in [-0.39, 0.29) is 0 Å². The summed E-state index contributed by atoms with van der Waals surface area (Å²) >= 11 is 3.57. The minimum absolute atomic E-state index is 0.749. The first-order chi connectivity index (χ1) is 10.1. The van der Waals surface area contributed by atoms with Crippen LogP contribution < -0.4 is 10.1 Å². The van der Waals surface area contributed by atoms with Crippen molar-refractivity contribution in [2.75, 3.05) is 11.9 Å². The summed E-state index contributed by atoms with van der Waals surface area (Å²) < 4.78 is 6.68. The van der Waals surface area contributed by atoms with Gasteiger partial charge in [0.15, 0.2) is 0 Å². The van der Waals surface area contributed by atoms with Gasteiger partial charge in [-0.3, -0.25) is 0 Å². The van der Waals surface area contributed by atoms with Crippen LogP contribution in [-0.2, 0) is 6.54 Å². The molecule has 0 bridgehead atoms. The summed E-state index contributed by atoms with van der Waals surface area (Å²) in [5.41, 5.74) is 4.98. The van der Waals surface area contributed by atoms with Gasteiger partial charge in [-0.1, -0.05) is 30.7 Å². The molecular formula is C18H22BrNO. The van der Waals surface area contributed by atoms with Crippen LogP contribution >= 0.6 is 15.9 Å². The normalized spacial score (nSPS) is 10.5. The molecule has 0 aliphatic rings. The van der Waals surface area contributed by atoms with Gasteiger partial charge in [0.25, 0.3) is 0 Å². The predicted molar refractivity (Wildman–Crippen MR) is 93.2 cm³/mol. The lowest BCUT2D eigenvalue weighted by atomic mass is 10.1. The van der Waals surface area contributed by atoms with Crippen LogP contribution in [0.15, 0.2) is 40.9 Å². The lowest BCUT2D eigenvalue weighted by Gasteiger charge is -2.12. The lowest BCUT2D eigenvalue weighted by molar-refractivity contribution is 0.315. The van der Waals surface area contributed by atoms with E-state index in [1.54, 1.807) is 0 Å². The first kappa shape index (κ1) is 15.9. The van der Waals surface area contributed by atoms with Crippen LogP contribution in [0.5, 0.6) is 5.75 Å². The minimum Gasteiger partial charge on any atom is -0.492 e. The third-order valence-corrected chi connectivity index (χ3v) is 3.94. The fourth-order valence-corrected chi connectivity index (χ4v) is 2.73. The van der Waals surface area contributed by atoms with Crippen LogP contribution in [0.2, 0.25) is 0 Å². The molecule has 0 saturated heterocycles. The third kappa shape index (κ3) is 4.50. The van der Waals surface area contributed by atoms with E-state index in [9.17, 15) is 0 Å². The Morgan fingerprint density at radius 3 is 2.57 bits per heavy atom. The Bertz CT molecular complexity index is 610. The van der Waals surface area contributed by atoms with Gasteiger partial charge in [0.05, 0.1) is 11.1 Å². The van der Waals surface area contributed by atoms with Crippen LogP contribution in [0, 0.1) is 13.8 Å². The second kappa shape index (κ2) is 7.51. The molecule has 2 aromatic rings. The van der Waals surface area contributed by atoms with E-state index in [1.807, 2.05) is 6.07 Å². The molecule has 2 rings (SSSR count). The van der Waals surface area contributed by atoms with Crippen LogP contribution in [-0.4, -0.2) is 6.61 Å². The molecule has 3 heteroatoms. The maximum atomic E-state index is 5.67. The highest BCUT2D eigenvalue weighted by atomic mass is 79.9. The molecule has 112 valence electrons. The van der Waals surface area contributed by atoms with Crippen molar-refractivity contribution in [3.05, 3.63) is 57.6 Å².